The van der Waals surface area contributed by atoms with Crippen molar-refractivity contribution in [2.45, 2.75) is 50.8 Å². The number of hydrogen-bond acceptors (Lipinski definition) is 4. The predicted octanol–water partition coefficient (Wildman–Crippen LogP) is -0.183. The van der Waals surface area contributed by atoms with Gasteiger partial charge in [-0.05, 0) is 33.1 Å². The summed E-state index contributed by atoms with van der Waals surface area (Å²) in [4.78, 5) is 0. The van der Waals surface area contributed by atoms with Crippen LogP contribution in [0.1, 0.15) is 33.1 Å². The van der Waals surface area contributed by atoms with E-state index in [2.05, 4.69) is 10.0 Å². The standard InChI is InChI=1S/C10H22N2O3S/c1-10(2,12-16(3,14)15)7-11-8-5-4-6-9(8)13/h8-9,11-13H,4-7H2,1-3H3/t8-,9-/m0/s1. The van der Waals surface area contributed by atoms with E-state index in [4.69, 9.17) is 0 Å². The molecule has 0 aliphatic heterocycles. The van der Waals surface area contributed by atoms with Crippen LogP contribution in [0.15, 0.2) is 0 Å². The van der Waals surface area contributed by atoms with Crippen LogP contribution in [-0.4, -0.2) is 44.0 Å². The quantitative estimate of drug-likeness (QED) is 0.632. The summed E-state index contributed by atoms with van der Waals surface area (Å²) in [6.45, 7) is 4.16. The van der Waals surface area contributed by atoms with Crippen molar-refractivity contribution in [2.75, 3.05) is 12.8 Å². The van der Waals surface area contributed by atoms with Crippen LogP contribution in [0, 0.1) is 0 Å². The zero-order valence-electron chi connectivity index (χ0n) is 10.2. The summed E-state index contributed by atoms with van der Waals surface area (Å²) in [7, 11) is -3.19. The number of aliphatic hydroxyl groups excluding tert-OH is 1. The first-order valence-electron chi connectivity index (χ1n) is 5.60. The van der Waals surface area contributed by atoms with Gasteiger partial charge in [0.15, 0.2) is 0 Å². The van der Waals surface area contributed by atoms with Gasteiger partial charge in [0, 0.05) is 18.1 Å². The van der Waals surface area contributed by atoms with E-state index in [-0.39, 0.29) is 12.1 Å². The molecule has 6 heteroatoms. The Morgan fingerprint density at radius 3 is 2.44 bits per heavy atom. The smallest absolute Gasteiger partial charge is 0.209 e. The largest absolute Gasteiger partial charge is 0.392 e. The Balaban J connectivity index is 2.41. The second-order valence-electron chi connectivity index (χ2n) is 5.24. The van der Waals surface area contributed by atoms with Crippen LogP contribution in [0.3, 0.4) is 0 Å². The summed E-state index contributed by atoms with van der Waals surface area (Å²) >= 11 is 0. The molecule has 1 fully saturated rings. The molecule has 1 rings (SSSR count). The molecule has 16 heavy (non-hydrogen) atoms. The average Bonchev–Trinajstić information content (AvgIpc) is 2.43. The molecule has 3 N–H and O–H groups in total. The fourth-order valence-electron chi connectivity index (χ4n) is 2.10. The van der Waals surface area contributed by atoms with Crippen LogP contribution < -0.4 is 10.0 Å². The van der Waals surface area contributed by atoms with Crippen molar-refractivity contribution in [3.63, 3.8) is 0 Å². The van der Waals surface area contributed by atoms with Gasteiger partial charge >= 0.3 is 0 Å². The molecule has 0 saturated heterocycles. The zero-order valence-corrected chi connectivity index (χ0v) is 11.0. The van der Waals surface area contributed by atoms with Gasteiger partial charge in [-0.25, -0.2) is 13.1 Å². The molecule has 0 spiro atoms. The fraction of sp³-hybridized carbons (Fsp3) is 1.00. The van der Waals surface area contributed by atoms with Gasteiger partial charge in [-0.2, -0.15) is 0 Å². The molecule has 2 atom stereocenters. The van der Waals surface area contributed by atoms with Crippen molar-refractivity contribution >= 4 is 10.0 Å². The van der Waals surface area contributed by atoms with E-state index in [0.717, 1.165) is 25.5 Å². The highest BCUT2D eigenvalue weighted by molar-refractivity contribution is 7.88. The van der Waals surface area contributed by atoms with Crippen molar-refractivity contribution in [1.82, 2.24) is 10.0 Å². The summed E-state index contributed by atoms with van der Waals surface area (Å²) in [6.07, 6.45) is 3.67. The first-order valence-corrected chi connectivity index (χ1v) is 7.49. The van der Waals surface area contributed by atoms with Crippen LogP contribution in [0.25, 0.3) is 0 Å². The molecule has 0 aromatic heterocycles. The lowest BCUT2D eigenvalue weighted by Gasteiger charge is -2.28. The van der Waals surface area contributed by atoms with Gasteiger partial charge in [0.05, 0.1) is 12.4 Å². The predicted molar refractivity (Wildman–Crippen MR) is 63.7 cm³/mol. The highest BCUT2D eigenvalue weighted by Gasteiger charge is 2.28. The van der Waals surface area contributed by atoms with E-state index in [9.17, 15) is 13.5 Å². The maximum absolute atomic E-state index is 11.1. The molecule has 0 amide bonds. The zero-order chi connectivity index (χ0) is 12.4. The molecule has 1 aliphatic carbocycles. The second kappa shape index (κ2) is 5.00. The molecule has 1 aliphatic rings. The summed E-state index contributed by atoms with van der Waals surface area (Å²) in [6, 6.07) is 0.0978. The minimum Gasteiger partial charge on any atom is -0.392 e. The minimum absolute atomic E-state index is 0.0978. The molecule has 0 aromatic carbocycles. The third-order valence-corrected chi connectivity index (χ3v) is 3.67. The Morgan fingerprint density at radius 2 is 2.00 bits per heavy atom. The molecule has 0 aromatic rings. The first-order chi connectivity index (χ1) is 7.20. The van der Waals surface area contributed by atoms with Gasteiger partial charge in [0.1, 0.15) is 0 Å². The van der Waals surface area contributed by atoms with Crippen LogP contribution in [0.2, 0.25) is 0 Å². The summed E-state index contributed by atoms with van der Waals surface area (Å²) in [5.74, 6) is 0. The van der Waals surface area contributed by atoms with Crippen LogP contribution in [-0.2, 0) is 10.0 Å². The monoisotopic (exact) mass is 250 g/mol. The van der Waals surface area contributed by atoms with E-state index in [1.165, 1.54) is 0 Å². The van der Waals surface area contributed by atoms with Crippen LogP contribution in [0.5, 0.6) is 0 Å². The van der Waals surface area contributed by atoms with E-state index < -0.39 is 15.6 Å². The number of rotatable bonds is 5. The lowest BCUT2D eigenvalue weighted by atomic mass is 10.1. The Kier molecular flexibility index (Phi) is 4.34. The van der Waals surface area contributed by atoms with Gasteiger partial charge in [-0.1, -0.05) is 0 Å². The lowest BCUT2D eigenvalue weighted by Crippen LogP contribution is -2.52. The number of sulfonamides is 1. The summed E-state index contributed by atoms with van der Waals surface area (Å²) < 4.78 is 24.8. The van der Waals surface area contributed by atoms with Crippen LogP contribution in [0.4, 0.5) is 0 Å². The number of nitrogens with one attached hydrogen (secondary N) is 2. The highest BCUT2D eigenvalue weighted by Crippen LogP contribution is 2.19. The van der Waals surface area contributed by atoms with Gasteiger partial charge in [0.25, 0.3) is 0 Å². The Bertz CT molecular complexity index is 327. The third-order valence-electron chi connectivity index (χ3n) is 2.75. The SMILES string of the molecule is CC(C)(CN[C@H]1CCC[C@@H]1O)NS(C)(=O)=O. The van der Waals surface area contributed by atoms with Gasteiger partial charge < -0.3 is 10.4 Å². The highest BCUT2D eigenvalue weighted by atomic mass is 32.2. The molecule has 5 nitrogen and oxygen atoms in total. The fourth-order valence-corrected chi connectivity index (χ4v) is 3.18. The Labute approximate surface area is 97.7 Å². The molecular formula is C10H22N2O3S. The summed E-state index contributed by atoms with van der Waals surface area (Å²) in [5, 5.41) is 12.8. The van der Waals surface area contributed by atoms with E-state index in [1.54, 1.807) is 0 Å². The Morgan fingerprint density at radius 1 is 1.38 bits per heavy atom. The Hall–Kier alpha value is -0.170. The lowest BCUT2D eigenvalue weighted by molar-refractivity contribution is 0.146. The van der Waals surface area contributed by atoms with Crippen LogP contribution >= 0.6 is 0 Å². The summed E-state index contributed by atoms with van der Waals surface area (Å²) in [5.41, 5.74) is -0.532. The van der Waals surface area contributed by atoms with Crippen molar-refractivity contribution < 1.29 is 13.5 Å². The molecule has 96 valence electrons. The normalized spacial score (nSPS) is 27.2. The van der Waals surface area contributed by atoms with E-state index in [0.29, 0.717) is 6.54 Å². The topological polar surface area (TPSA) is 78.4 Å². The van der Waals surface area contributed by atoms with Crippen molar-refractivity contribution in [1.29, 1.82) is 0 Å². The van der Waals surface area contributed by atoms with Gasteiger partial charge in [0.2, 0.25) is 10.0 Å². The van der Waals surface area contributed by atoms with Crippen molar-refractivity contribution in [3.05, 3.63) is 0 Å². The molecule has 0 heterocycles. The number of hydrogen-bond donors (Lipinski definition) is 3. The first kappa shape index (κ1) is 13.9. The molecule has 0 radical (unpaired) electrons. The van der Waals surface area contributed by atoms with Crippen molar-refractivity contribution in [2.24, 2.45) is 0 Å². The van der Waals surface area contributed by atoms with Gasteiger partial charge in [-0.3, -0.25) is 0 Å². The van der Waals surface area contributed by atoms with Gasteiger partial charge in [-0.15, -0.1) is 0 Å². The maximum Gasteiger partial charge on any atom is 0.209 e. The number of aliphatic hydroxyl groups is 1. The molecule has 0 bridgehead atoms. The maximum atomic E-state index is 11.1. The molecule has 0 unspecified atom stereocenters. The molecule has 1 saturated carbocycles. The van der Waals surface area contributed by atoms with Crippen molar-refractivity contribution in [3.8, 4) is 0 Å². The second-order valence-corrected chi connectivity index (χ2v) is 6.99. The van der Waals surface area contributed by atoms with E-state index >= 15 is 0 Å². The third kappa shape index (κ3) is 4.78. The minimum atomic E-state index is -3.19. The molecular weight excluding hydrogens is 228 g/mol. The average molecular weight is 250 g/mol. The van der Waals surface area contributed by atoms with E-state index in [1.807, 2.05) is 13.8 Å².